The minimum atomic E-state index is -0.378. The van der Waals surface area contributed by atoms with Crippen LogP contribution in [0.15, 0.2) is 41.8 Å². The Bertz CT molecular complexity index is 685. The summed E-state index contributed by atoms with van der Waals surface area (Å²) in [6.07, 6.45) is 1.57. The highest BCUT2D eigenvalue weighted by Gasteiger charge is 2.34. The highest BCUT2D eigenvalue weighted by molar-refractivity contribution is 7.12. The second-order valence-electron chi connectivity index (χ2n) is 5.48. The average Bonchev–Trinajstić information content (AvgIpc) is 3.24. The SMILES string of the molecule is O=C(NCc1ccc(Cl)cc1)[C@H]1CCCN1C(=O)c1cccs1. The number of nitrogens with zero attached hydrogens (tertiary/aromatic N) is 1. The molecule has 1 N–H and O–H groups in total. The van der Waals surface area contributed by atoms with Crippen molar-refractivity contribution < 1.29 is 9.59 Å². The van der Waals surface area contributed by atoms with Crippen LogP contribution in [0.3, 0.4) is 0 Å². The normalized spacial score (nSPS) is 17.3. The number of halogens is 1. The highest BCUT2D eigenvalue weighted by atomic mass is 35.5. The molecule has 0 aliphatic carbocycles. The molecule has 2 heterocycles. The summed E-state index contributed by atoms with van der Waals surface area (Å²) in [6, 6.07) is 10.6. The molecular formula is C17H17ClN2O2S. The molecule has 1 saturated heterocycles. The summed E-state index contributed by atoms with van der Waals surface area (Å²) in [5.41, 5.74) is 0.983. The van der Waals surface area contributed by atoms with Crippen LogP contribution in [0.25, 0.3) is 0 Å². The Labute approximate surface area is 144 Å². The van der Waals surface area contributed by atoms with Crippen LogP contribution >= 0.6 is 22.9 Å². The van der Waals surface area contributed by atoms with Gasteiger partial charge in [-0.1, -0.05) is 29.8 Å². The molecule has 2 amide bonds. The maximum atomic E-state index is 12.5. The van der Waals surface area contributed by atoms with Gasteiger partial charge in [0.25, 0.3) is 5.91 Å². The average molecular weight is 349 g/mol. The third-order valence-corrected chi connectivity index (χ3v) is 5.04. The van der Waals surface area contributed by atoms with Crippen molar-refractivity contribution in [3.63, 3.8) is 0 Å². The zero-order valence-corrected chi connectivity index (χ0v) is 14.1. The van der Waals surface area contributed by atoms with Gasteiger partial charge in [0.15, 0.2) is 0 Å². The third-order valence-electron chi connectivity index (χ3n) is 3.93. The van der Waals surface area contributed by atoms with Crippen molar-refractivity contribution in [1.82, 2.24) is 10.2 Å². The Balaban J connectivity index is 1.61. The molecule has 1 aliphatic rings. The van der Waals surface area contributed by atoms with Gasteiger partial charge in [0.2, 0.25) is 5.91 Å². The number of amides is 2. The predicted octanol–water partition coefficient (Wildman–Crippen LogP) is 3.32. The van der Waals surface area contributed by atoms with Gasteiger partial charge >= 0.3 is 0 Å². The van der Waals surface area contributed by atoms with Crippen molar-refractivity contribution in [1.29, 1.82) is 0 Å². The second kappa shape index (κ2) is 7.15. The molecule has 3 rings (SSSR count). The van der Waals surface area contributed by atoms with E-state index in [1.54, 1.807) is 23.1 Å². The lowest BCUT2D eigenvalue weighted by molar-refractivity contribution is -0.125. The van der Waals surface area contributed by atoms with Gasteiger partial charge in [-0.25, -0.2) is 0 Å². The van der Waals surface area contributed by atoms with Crippen molar-refractivity contribution >= 4 is 34.8 Å². The number of nitrogens with one attached hydrogen (secondary N) is 1. The molecule has 0 radical (unpaired) electrons. The number of hydrogen-bond acceptors (Lipinski definition) is 3. The van der Waals surface area contributed by atoms with E-state index >= 15 is 0 Å². The number of benzene rings is 1. The lowest BCUT2D eigenvalue weighted by Gasteiger charge is -2.23. The van der Waals surface area contributed by atoms with Crippen LogP contribution in [0, 0.1) is 0 Å². The zero-order valence-electron chi connectivity index (χ0n) is 12.5. The Kier molecular flexibility index (Phi) is 4.98. The Morgan fingerprint density at radius 3 is 2.74 bits per heavy atom. The fourth-order valence-electron chi connectivity index (χ4n) is 2.73. The van der Waals surface area contributed by atoms with E-state index in [2.05, 4.69) is 5.32 Å². The third kappa shape index (κ3) is 3.74. The van der Waals surface area contributed by atoms with Gasteiger partial charge in [-0.15, -0.1) is 11.3 Å². The molecule has 6 heteroatoms. The summed E-state index contributed by atoms with van der Waals surface area (Å²) in [5, 5.41) is 5.46. The van der Waals surface area contributed by atoms with Crippen molar-refractivity contribution in [2.45, 2.75) is 25.4 Å². The van der Waals surface area contributed by atoms with E-state index in [4.69, 9.17) is 11.6 Å². The van der Waals surface area contributed by atoms with Gasteiger partial charge in [-0.05, 0) is 42.0 Å². The van der Waals surface area contributed by atoms with Crippen molar-refractivity contribution in [2.24, 2.45) is 0 Å². The van der Waals surface area contributed by atoms with Gasteiger partial charge in [-0.2, -0.15) is 0 Å². The lowest BCUT2D eigenvalue weighted by atomic mass is 10.2. The number of likely N-dealkylation sites (tertiary alicyclic amines) is 1. The topological polar surface area (TPSA) is 49.4 Å². The summed E-state index contributed by atoms with van der Waals surface area (Å²) in [7, 11) is 0. The Morgan fingerprint density at radius 2 is 2.04 bits per heavy atom. The summed E-state index contributed by atoms with van der Waals surface area (Å²) in [5.74, 6) is -0.147. The molecule has 120 valence electrons. The molecule has 1 fully saturated rings. The Hall–Kier alpha value is -1.85. The van der Waals surface area contributed by atoms with Crippen molar-refractivity contribution in [3.05, 3.63) is 57.2 Å². The first-order valence-electron chi connectivity index (χ1n) is 7.52. The minimum absolute atomic E-state index is 0.0517. The standard InChI is InChI=1S/C17H17ClN2O2S/c18-13-7-5-12(6-8-13)11-19-16(21)14-3-1-9-20(14)17(22)15-4-2-10-23-15/h2,4-8,10,14H,1,3,9,11H2,(H,19,21)/t14-/m1/s1. The number of carbonyl (C=O) groups is 2. The van der Waals surface area contributed by atoms with Crippen LogP contribution in [0.4, 0.5) is 0 Å². The van der Waals surface area contributed by atoms with Crippen LogP contribution in [0.2, 0.25) is 5.02 Å². The van der Waals surface area contributed by atoms with Gasteiger partial charge < -0.3 is 10.2 Å². The molecule has 1 atom stereocenters. The molecule has 2 aromatic rings. The maximum absolute atomic E-state index is 12.5. The van der Waals surface area contributed by atoms with E-state index in [-0.39, 0.29) is 17.9 Å². The van der Waals surface area contributed by atoms with Gasteiger partial charge in [0, 0.05) is 18.1 Å². The molecule has 1 aliphatic heterocycles. The predicted molar refractivity (Wildman–Crippen MR) is 91.7 cm³/mol. The van der Waals surface area contributed by atoms with Crippen LogP contribution < -0.4 is 5.32 Å². The van der Waals surface area contributed by atoms with E-state index in [1.165, 1.54) is 11.3 Å². The molecule has 0 spiro atoms. The minimum Gasteiger partial charge on any atom is -0.350 e. The van der Waals surface area contributed by atoms with E-state index in [9.17, 15) is 9.59 Å². The van der Waals surface area contributed by atoms with Crippen LogP contribution in [0.1, 0.15) is 28.1 Å². The molecule has 4 nitrogen and oxygen atoms in total. The zero-order chi connectivity index (χ0) is 16.2. The van der Waals surface area contributed by atoms with Crippen LogP contribution in [-0.4, -0.2) is 29.3 Å². The number of rotatable bonds is 4. The van der Waals surface area contributed by atoms with E-state index in [0.29, 0.717) is 29.4 Å². The molecule has 23 heavy (non-hydrogen) atoms. The van der Waals surface area contributed by atoms with E-state index in [0.717, 1.165) is 12.0 Å². The smallest absolute Gasteiger partial charge is 0.264 e. The van der Waals surface area contributed by atoms with Gasteiger partial charge in [-0.3, -0.25) is 9.59 Å². The van der Waals surface area contributed by atoms with Gasteiger partial charge in [0.1, 0.15) is 6.04 Å². The fraction of sp³-hybridized carbons (Fsp3) is 0.294. The molecule has 1 aromatic carbocycles. The number of hydrogen-bond donors (Lipinski definition) is 1. The van der Waals surface area contributed by atoms with Gasteiger partial charge in [0.05, 0.1) is 4.88 Å². The molecule has 0 unspecified atom stereocenters. The summed E-state index contributed by atoms with van der Waals surface area (Å²) >= 11 is 7.26. The molecule has 1 aromatic heterocycles. The van der Waals surface area contributed by atoms with Crippen LogP contribution in [0.5, 0.6) is 0 Å². The van der Waals surface area contributed by atoms with E-state index in [1.807, 2.05) is 23.6 Å². The first-order chi connectivity index (χ1) is 11.1. The summed E-state index contributed by atoms with van der Waals surface area (Å²) < 4.78 is 0. The number of thiophene rings is 1. The van der Waals surface area contributed by atoms with Crippen LogP contribution in [-0.2, 0) is 11.3 Å². The Morgan fingerprint density at radius 1 is 1.26 bits per heavy atom. The molecular weight excluding hydrogens is 332 g/mol. The largest absolute Gasteiger partial charge is 0.350 e. The monoisotopic (exact) mass is 348 g/mol. The van der Waals surface area contributed by atoms with Crippen molar-refractivity contribution in [3.8, 4) is 0 Å². The second-order valence-corrected chi connectivity index (χ2v) is 6.86. The maximum Gasteiger partial charge on any atom is 0.264 e. The fourth-order valence-corrected chi connectivity index (χ4v) is 3.54. The molecule has 0 bridgehead atoms. The quantitative estimate of drug-likeness (QED) is 0.921. The summed E-state index contributed by atoms with van der Waals surface area (Å²) in [4.78, 5) is 27.3. The lowest BCUT2D eigenvalue weighted by Crippen LogP contribution is -2.45. The first kappa shape index (κ1) is 16.0. The highest BCUT2D eigenvalue weighted by Crippen LogP contribution is 2.22. The van der Waals surface area contributed by atoms with E-state index < -0.39 is 0 Å². The molecule has 0 saturated carbocycles. The first-order valence-corrected chi connectivity index (χ1v) is 8.77. The summed E-state index contributed by atoms with van der Waals surface area (Å²) in [6.45, 7) is 1.07. The van der Waals surface area contributed by atoms with Crippen molar-refractivity contribution in [2.75, 3.05) is 6.54 Å². The number of carbonyl (C=O) groups excluding carboxylic acids is 2.